The number of nitrogens with zero attached hydrogens (tertiary/aromatic N) is 1. The van der Waals surface area contributed by atoms with E-state index >= 15 is 0 Å². The Hall–Kier alpha value is -1.55. The Bertz CT molecular complexity index is 467. The monoisotopic (exact) mass is 290 g/mol. The molecule has 1 saturated heterocycles. The number of ether oxygens (including phenoxy) is 1. The summed E-state index contributed by atoms with van der Waals surface area (Å²) in [5.74, 6) is 1.05. The molecule has 0 radical (unpaired) electrons. The third-order valence-electron chi connectivity index (χ3n) is 3.96. The maximum absolute atomic E-state index is 12.2. The Morgan fingerprint density at radius 2 is 2.05 bits per heavy atom. The number of carbonyl (C=O) groups excluding carboxylic acids is 1. The van der Waals surface area contributed by atoms with Crippen molar-refractivity contribution in [2.75, 3.05) is 26.7 Å². The zero-order valence-corrected chi connectivity index (χ0v) is 13.3. The van der Waals surface area contributed by atoms with Crippen molar-refractivity contribution < 1.29 is 9.53 Å². The summed E-state index contributed by atoms with van der Waals surface area (Å²) >= 11 is 0. The van der Waals surface area contributed by atoms with Crippen molar-refractivity contribution in [1.29, 1.82) is 0 Å². The zero-order valence-electron chi connectivity index (χ0n) is 13.3. The maximum Gasteiger partial charge on any atom is 0.226 e. The first kappa shape index (κ1) is 15.8. The molecule has 0 bridgehead atoms. The van der Waals surface area contributed by atoms with Gasteiger partial charge in [-0.15, -0.1) is 0 Å². The van der Waals surface area contributed by atoms with Crippen LogP contribution in [0.25, 0.3) is 0 Å². The Morgan fingerprint density at radius 3 is 2.71 bits per heavy atom. The molecular formula is C17H26N2O2. The second kappa shape index (κ2) is 7.46. The topological polar surface area (TPSA) is 41.6 Å². The molecule has 21 heavy (non-hydrogen) atoms. The van der Waals surface area contributed by atoms with E-state index in [9.17, 15) is 4.79 Å². The van der Waals surface area contributed by atoms with Crippen molar-refractivity contribution in [3.63, 3.8) is 0 Å². The maximum atomic E-state index is 12.2. The molecule has 1 fully saturated rings. The lowest BCUT2D eigenvalue weighted by molar-refractivity contribution is -0.133. The molecule has 2 rings (SSSR count). The van der Waals surface area contributed by atoms with Crippen molar-refractivity contribution in [1.82, 2.24) is 10.2 Å². The number of carbonyl (C=O) groups is 1. The van der Waals surface area contributed by atoms with E-state index in [1.54, 1.807) is 0 Å². The molecule has 1 N–H and O–H groups in total. The first-order chi connectivity index (χ1) is 10.1. The van der Waals surface area contributed by atoms with E-state index in [-0.39, 0.29) is 5.91 Å². The van der Waals surface area contributed by atoms with E-state index < -0.39 is 0 Å². The second-order valence-corrected chi connectivity index (χ2v) is 5.89. The second-order valence-electron chi connectivity index (χ2n) is 5.89. The minimum Gasteiger partial charge on any atom is -0.493 e. The number of rotatable bonds is 5. The number of aryl methyl sites for hydroxylation is 2. The Balaban J connectivity index is 1.78. The molecule has 0 aliphatic carbocycles. The molecule has 1 aliphatic rings. The first-order valence-electron chi connectivity index (χ1n) is 7.74. The minimum absolute atomic E-state index is 0.194. The average Bonchev–Trinajstić information content (AvgIpc) is 2.46. The number of benzene rings is 1. The Labute approximate surface area is 127 Å². The van der Waals surface area contributed by atoms with E-state index in [0.717, 1.165) is 31.7 Å². The van der Waals surface area contributed by atoms with Crippen LogP contribution in [-0.4, -0.2) is 43.6 Å². The predicted molar refractivity (Wildman–Crippen MR) is 84.7 cm³/mol. The van der Waals surface area contributed by atoms with Gasteiger partial charge in [0.25, 0.3) is 0 Å². The third-order valence-corrected chi connectivity index (χ3v) is 3.96. The van der Waals surface area contributed by atoms with Gasteiger partial charge in [-0.2, -0.15) is 0 Å². The van der Waals surface area contributed by atoms with Gasteiger partial charge < -0.3 is 15.0 Å². The standard InChI is InChI=1S/C17H26N2O2/c1-13-9-14(2)11-16(10-13)21-8-6-17(20)19-7-4-5-15(12-19)18-3/h9-11,15,18H,4-8,12H2,1-3H3. The number of likely N-dealkylation sites (N-methyl/N-ethyl adjacent to an activating group) is 1. The Kier molecular flexibility index (Phi) is 5.62. The van der Waals surface area contributed by atoms with Crippen LogP contribution in [0.15, 0.2) is 18.2 Å². The number of likely N-dealkylation sites (tertiary alicyclic amines) is 1. The summed E-state index contributed by atoms with van der Waals surface area (Å²) in [4.78, 5) is 14.2. The normalized spacial score (nSPS) is 18.6. The predicted octanol–water partition coefficient (Wildman–Crippen LogP) is 2.28. The molecule has 4 heteroatoms. The van der Waals surface area contributed by atoms with E-state index in [0.29, 0.717) is 19.1 Å². The highest BCUT2D eigenvalue weighted by Crippen LogP contribution is 2.17. The molecule has 116 valence electrons. The molecule has 1 heterocycles. The lowest BCUT2D eigenvalue weighted by Crippen LogP contribution is -2.47. The Morgan fingerprint density at radius 1 is 1.33 bits per heavy atom. The van der Waals surface area contributed by atoms with Gasteiger partial charge in [-0.3, -0.25) is 4.79 Å². The lowest BCUT2D eigenvalue weighted by atomic mass is 10.1. The lowest BCUT2D eigenvalue weighted by Gasteiger charge is -2.32. The summed E-state index contributed by atoms with van der Waals surface area (Å²) in [5, 5.41) is 3.26. The van der Waals surface area contributed by atoms with Gasteiger partial charge >= 0.3 is 0 Å². The molecule has 1 atom stereocenters. The molecule has 0 saturated carbocycles. The number of hydrogen-bond donors (Lipinski definition) is 1. The van der Waals surface area contributed by atoms with Crippen LogP contribution in [0.1, 0.15) is 30.4 Å². The van der Waals surface area contributed by atoms with Crippen molar-refractivity contribution in [3.05, 3.63) is 29.3 Å². The average molecular weight is 290 g/mol. The van der Waals surface area contributed by atoms with Crippen molar-refractivity contribution in [3.8, 4) is 5.75 Å². The van der Waals surface area contributed by atoms with E-state index in [2.05, 4.69) is 25.2 Å². The third kappa shape index (κ3) is 4.74. The smallest absolute Gasteiger partial charge is 0.226 e. The summed E-state index contributed by atoms with van der Waals surface area (Å²) in [5.41, 5.74) is 2.37. The van der Waals surface area contributed by atoms with Gasteiger partial charge in [0, 0.05) is 19.1 Å². The number of piperidine rings is 1. The fraction of sp³-hybridized carbons (Fsp3) is 0.588. The molecule has 0 spiro atoms. The van der Waals surface area contributed by atoms with Crippen molar-refractivity contribution in [2.45, 2.75) is 39.2 Å². The van der Waals surface area contributed by atoms with Crippen molar-refractivity contribution in [2.24, 2.45) is 0 Å². The van der Waals surface area contributed by atoms with Crippen LogP contribution < -0.4 is 10.1 Å². The number of nitrogens with one attached hydrogen (secondary N) is 1. The SMILES string of the molecule is CNC1CCCN(C(=O)CCOc2cc(C)cc(C)c2)C1. The first-order valence-corrected chi connectivity index (χ1v) is 7.74. The van der Waals surface area contributed by atoms with E-state index in [1.165, 1.54) is 11.1 Å². The van der Waals surface area contributed by atoms with Crippen molar-refractivity contribution >= 4 is 5.91 Å². The molecular weight excluding hydrogens is 264 g/mol. The van der Waals surface area contributed by atoms with Gasteiger partial charge in [0.1, 0.15) is 5.75 Å². The summed E-state index contributed by atoms with van der Waals surface area (Å²) in [6.45, 7) is 6.25. The van der Waals surface area contributed by atoms with Crippen LogP contribution in [-0.2, 0) is 4.79 Å². The molecule has 1 amide bonds. The van der Waals surface area contributed by atoms with Gasteiger partial charge in [-0.1, -0.05) is 6.07 Å². The van der Waals surface area contributed by atoms with Crippen LogP contribution in [0.2, 0.25) is 0 Å². The highest BCUT2D eigenvalue weighted by molar-refractivity contribution is 5.76. The van der Waals surface area contributed by atoms with E-state index in [4.69, 9.17) is 4.74 Å². The zero-order chi connectivity index (χ0) is 15.2. The largest absolute Gasteiger partial charge is 0.493 e. The fourth-order valence-electron chi connectivity index (χ4n) is 2.87. The molecule has 1 aliphatic heterocycles. The van der Waals surface area contributed by atoms with Crippen LogP contribution >= 0.6 is 0 Å². The molecule has 1 aromatic carbocycles. The van der Waals surface area contributed by atoms with Crippen LogP contribution in [0.3, 0.4) is 0 Å². The highest BCUT2D eigenvalue weighted by Gasteiger charge is 2.22. The highest BCUT2D eigenvalue weighted by atomic mass is 16.5. The fourth-order valence-corrected chi connectivity index (χ4v) is 2.87. The number of hydrogen-bond acceptors (Lipinski definition) is 3. The molecule has 1 unspecified atom stereocenters. The van der Waals surface area contributed by atoms with Crippen LogP contribution in [0.4, 0.5) is 0 Å². The van der Waals surface area contributed by atoms with Gasteiger partial charge in [0.05, 0.1) is 13.0 Å². The van der Waals surface area contributed by atoms with Gasteiger partial charge in [0.2, 0.25) is 5.91 Å². The van der Waals surface area contributed by atoms with Gasteiger partial charge in [0.15, 0.2) is 0 Å². The summed E-state index contributed by atoms with van der Waals surface area (Å²) < 4.78 is 5.72. The van der Waals surface area contributed by atoms with Crippen LogP contribution in [0.5, 0.6) is 5.75 Å². The number of amides is 1. The van der Waals surface area contributed by atoms with Crippen LogP contribution in [0, 0.1) is 13.8 Å². The van der Waals surface area contributed by atoms with Gasteiger partial charge in [-0.25, -0.2) is 0 Å². The van der Waals surface area contributed by atoms with E-state index in [1.807, 2.05) is 24.1 Å². The molecule has 4 nitrogen and oxygen atoms in total. The molecule has 0 aromatic heterocycles. The summed E-state index contributed by atoms with van der Waals surface area (Å²) in [6.07, 6.45) is 2.68. The molecule has 1 aromatic rings. The quantitative estimate of drug-likeness (QED) is 0.904. The van der Waals surface area contributed by atoms with Gasteiger partial charge in [-0.05, 0) is 57.0 Å². The minimum atomic E-state index is 0.194. The summed E-state index contributed by atoms with van der Waals surface area (Å²) in [7, 11) is 1.96. The summed E-state index contributed by atoms with van der Waals surface area (Å²) in [6, 6.07) is 6.57.